The first-order valence-electron chi connectivity index (χ1n) is 17.2. The van der Waals surface area contributed by atoms with E-state index in [1.807, 2.05) is 44.2 Å². The van der Waals surface area contributed by atoms with Crippen LogP contribution in [-0.2, 0) is 4.74 Å². The minimum atomic E-state index is -1.24. The maximum absolute atomic E-state index is 13.4. The Morgan fingerprint density at radius 3 is 1.42 bits per heavy atom. The van der Waals surface area contributed by atoms with E-state index >= 15 is 0 Å². The Kier molecular flexibility index (Phi) is 19.1. The molecule has 0 aliphatic heterocycles. The predicted molar refractivity (Wildman–Crippen MR) is 192 cm³/mol. The van der Waals surface area contributed by atoms with Crippen LogP contribution in [0.1, 0.15) is 34.6 Å². The Morgan fingerprint density at radius 2 is 0.981 bits per heavy atom. The van der Waals surface area contributed by atoms with Crippen molar-refractivity contribution in [2.24, 2.45) is 0 Å². The minimum absolute atomic E-state index is 0. The number of amides is 2. The van der Waals surface area contributed by atoms with Gasteiger partial charge in [0.15, 0.2) is 23.0 Å². The van der Waals surface area contributed by atoms with Gasteiger partial charge < -0.3 is 43.7 Å². The molecule has 0 bridgehead atoms. The van der Waals surface area contributed by atoms with Crippen LogP contribution in [0.2, 0.25) is 0 Å². The van der Waals surface area contributed by atoms with Gasteiger partial charge in [-0.05, 0) is 62.4 Å². The van der Waals surface area contributed by atoms with E-state index in [0.717, 1.165) is 0 Å². The molecule has 0 radical (unpaired) electrons. The van der Waals surface area contributed by atoms with Gasteiger partial charge in [-0.25, -0.2) is 0 Å². The van der Waals surface area contributed by atoms with Crippen molar-refractivity contribution in [3.05, 3.63) is 120 Å². The number of rotatable bonds is 22. The van der Waals surface area contributed by atoms with Gasteiger partial charge >= 0.3 is 29.6 Å². The van der Waals surface area contributed by atoms with Crippen molar-refractivity contribution in [3.63, 3.8) is 0 Å². The fraction of sp³-hybridized carbons (Fsp3) is 0.350. The maximum atomic E-state index is 13.4. The van der Waals surface area contributed by atoms with E-state index in [0.29, 0.717) is 47.3 Å². The summed E-state index contributed by atoms with van der Waals surface area (Å²) < 4.78 is 28.7. The minimum Gasteiger partial charge on any atom is -0.848 e. The summed E-state index contributed by atoms with van der Waals surface area (Å²) in [4.78, 5) is 29.8. The Bertz CT molecular complexity index is 1490. The van der Waals surface area contributed by atoms with Crippen molar-refractivity contribution in [2.75, 3.05) is 65.8 Å². The van der Waals surface area contributed by atoms with Gasteiger partial charge in [0.1, 0.15) is 12.7 Å². The number of para-hydroxylation sites is 4. The molecule has 0 aliphatic rings. The molecule has 2 amide bonds. The van der Waals surface area contributed by atoms with Crippen LogP contribution in [-0.4, -0.2) is 105 Å². The van der Waals surface area contributed by atoms with Crippen molar-refractivity contribution in [3.8, 4) is 23.0 Å². The number of aliphatic hydroxyl groups excluding tert-OH is 1. The number of benzene rings is 4. The molecule has 0 saturated heterocycles. The molecule has 2 atom stereocenters. The summed E-state index contributed by atoms with van der Waals surface area (Å²) in [6.45, 7) is 4.90. The third kappa shape index (κ3) is 13.8. The quantitative estimate of drug-likeness (QED) is 0.0944. The number of hydrogen-bond acceptors (Lipinski definition) is 9. The molecule has 4 rings (SSSR count). The molecular weight excluding hydrogens is 675 g/mol. The molecule has 2 unspecified atom stereocenters. The zero-order chi connectivity index (χ0) is 36.3. The summed E-state index contributed by atoms with van der Waals surface area (Å²) in [6.07, 6.45) is -2.24. The average molecular weight is 723 g/mol. The molecule has 12 heteroatoms. The monoisotopic (exact) mass is 722 g/mol. The van der Waals surface area contributed by atoms with Crippen LogP contribution in [0.4, 0.5) is 0 Å². The molecule has 272 valence electrons. The Labute approximate surface area is 328 Å². The number of nitrogens with zero attached hydrogens (tertiary/aromatic N) is 2. The number of aliphatic hydroxyl groups is 1. The van der Waals surface area contributed by atoms with E-state index in [1.165, 1.54) is 9.80 Å². The largest absolute Gasteiger partial charge is 1.00 e. The Morgan fingerprint density at radius 1 is 0.596 bits per heavy atom. The first kappa shape index (κ1) is 42.3. The topological polar surface area (TPSA) is 130 Å². The molecule has 4 aromatic carbocycles. The van der Waals surface area contributed by atoms with E-state index in [2.05, 4.69) is 0 Å². The van der Waals surface area contributed by atoms with E-state index in [1.54, 1.807) is 78.9 Å². The SMILES string of the molecule is CCOc1ccccc1OCC([O-])CN(CCOCCN(CC(O)COc1ccccc1OCC)C(=O)c1ccccc1)C(=O)c1ccccc1.[Na+]. The molecule has 11 nitrogen and oxygen atoms in total. The Balaban J connectivity index is 0.00000729. The molecule has 0 heterocycles. The fourth-order valence-corrected chi connectivity index (χ4v) is 5.19. The molecule has 0 aromatic heterocycles. The van der Waals surface area contributed by atoms with Crippen LogP contribution >= 0.6 is 0 Å². The average Bonchev–Trinajstić information content (AvgIpc) is 3.16. The molecule has 52 heavy (non-hydrogen) atoms. The molecule has 4 aromatic rings. The second-order valence-corrected chi connectivity index (χ2v) is 11.5. The fourth-order valence-electron chi connectivity index (χ4n) is 5.19. The normalized spacial score (nSPS) is 11.8. The Hall–Kier alpha value is -4.10. The van der Waals surface area contributed by atoms with Crippen molar-refractivity contribution in [1.29, 1.82) is 0 Å². The van der Waals surface area contributed by atoms with Crippen LogP contribution in [0.3, 0.4) is 0 Å². The number of ether oxygens (including phenoxy) is 5. The van der Waals surface area contributed by atoms with Crippen LogP contribution in [0.25, 0.3) is 0 Å². The third-order valence-electron chi connectivity index (χ3n) is 7.64. The van der Waals surface area contributed by atoms with Gasteiger partial charge in [0.25, 0.3) is 11.8 Å². The van der Waals surface area contributed by atoms with Gasteiger partial charge in [-0.3, -0.25) is 9.59 Å². The van der Waals surface area contributed by atoms with Crippen molar-refractivity contribution < 1.29 is 73.0 Å². The molecule has 0 fully saturated rings. The third-order valence-corrected chi connectivity index (χ3v) is 7.64. The summed E-state index contributed by atoms with van der Waals surface area (Å²) in [5, 5.41) is 24.0. The van der Waals surface area contributed by atoms with Crippen molar-refractivity contribution in [2.45, 2.75) is 26.1 Å². The second-order valence-electron chi connectivity index (χ2n) is 11.5. The maximum Gasteiger partial charge on any atom is 1.00 e. The smallest absolute Gasteiger partial charge is 0.848 e. The van der Waals surface area contributed by atoms with Gasteiger partial charge in [-0.2, -0.15) is 0 Å². The van der Waals surface area contributed by atoms with E-state index < -0.39 is 12.2 Å². The predicted octanol–water partition coefficient (Wildman–Crippen LogP) is 1.34. The zero-order valence-electron chi connectivity index (χ0n) is 30.2. The first-order chi connectivity index (χ1) is 24.9. The molecule has 0 aliphatic carbocycles. The second kappa shape index (κ2) is 23.5. The molecular formula is C40H47N2NaO9. The van der Waals surface area contributed by atoms with Gasteiger partial charge in [0, 0.05) is 30.8 Å². The van der Waals surface area contributed by atoms with E-state index in [-0.39, 0.29) is 94.0 Å². The molecule has 0 spiro atoms. The van der Waals surface area contributed by atoms with Crippen LogP contribution < -0.4 is 53.6 Å². The first-order valence-corrected chi connectivity index (χ1v) is 17.2. The van der Waals surface area contributed by atoms with Crippen molar-refractivity contribution >= 4 is 11.8 Å². The summed E-state index contributed by atoms with van der Waals surface area (Å²) in [5.41, 5.74) is 0.923. The number of carbonyl (C=O) groups excluding carboxylic acids is 2. The summed E-state index contributed by atoms with van der Waals surface area (Å²) in [6, 6.07) is 31.9. The van der Waals surface area contributed by atoms with E-state index in [4.69, 9.17) is 23.7 Å². The van der Waals surface area contributed by atoms with Crippen molar-refractivity contribution in [1.82, 2.24) is 9.80 Å². The molecule has 0 saturated carbocycles. The van der Waals surface area contributed by atoms with Crippen LogP contribution in [0.5, 0.6) is 23.0 Å². The summed E-state index contributed by atoms with van der Waals surface area (Å²) in [5.74, 6) is 1.51. The van der Waals surface area contributed by atoms with Gasteiger partial charge in [0.2, 0.25) is 0 Å². The number of hydrogen-bond donors (Lipinski definition) is 1. The standard InChI is InChI=1S/C40H47N2O9.Na/c1-3-48-35-19-11-13-21-37(35)50-29-33(43)27-41(39(45)31-15-7-5-8-16-31)23-25-47-26-24-42(40(46)32-17-9-6-10-18-32)28-34(44)30-51-38-22-14-12-20-36(38)49-4-2;/h5-22,33-34,43H,3-4,23-30H2,1-2H3;/q-1;+1. The van der Waals surface area contributed by atoms with E-state index in [9.17, 15) is 19.8 Å². The summed E-state index contributed by atoms with van der Waals surface area (Å²) in [7, 11) is 0. The molecule has 1 N–H and O–H groups in total. The zero-order valence-corrected chi connectivity index (χ0v) is 32.2. The van der Waals surface area contributed by atoms with Gasteiger partial charge in [-0.15, -0.1) is 0 Å². The van der Waals surface area contributed by atoms with Gasteiger partial charge in [-0.1, -0.05) is 66.8 Å². The van der Waals surface area contributed by atoms with Gasteiger partial charge in [0.05, 0.1) is 39.6 Å². The summed E-state index contributed by atoms with van der Waals surface area (Å²) >= 11 is 0. The van der Waals surface area contributed by atoms with Crippen LogP contribution in [0, 0.1) is 0 Å². The van der Waals surface area contributed by atoms with Crippen LogP contribution in [0.15, 0.2) is 109 Å². The number of carbonyl (C=O) groups is 2.